The first kappa shape index (κ1) is 38.7. The molecule has 0 aliphatic carbocycles. The third-order valence-electron chi connectivity index (χ3n) is 8.84. The van der Waals surface area contributed by atoms with Crippen molar-refractivity contribution in [3.8, 4) is 11.6 Å². The molecular weight excluding hydrogens is 615 g/mol. The molecule has 2 heterocycles. The standard InChI is InChI=1S/C35H57FN8O4/c1-11-35(21-43(22-35)27(23(3)4)14-13-18-39-33(46)48-34(7,8)9)17-19-38-29-30(41-42-32(37-10)40-29)47-28-16-15-25(36)20-26(28)31(45)44(12-2)24(5)6/h15-16,20,23-24,27H,11-14,17-19,21-22H2,1-10H3,(H,39,46)(H2,37,38,40,42)/t27-/m1/s1. The highest BCUT2D eigenvalue weighted by molar-refractivity contribution is 5.97. The summed E-state index contributed by atoms with van der Waals surface area (Å²) >= 11 is 0. The van der Waals surface area contributed by atoms with Crippen molar-refractivity contribution in [2.75, 3.05) is 50.4 Å². The van der Waals surface area contributed by atoms with Crippen LogP contribution >= 0.6 is 0 Å². The number of nitrogens with zero attached hydrogens (tertiary/aromatic N) is 5. The molecule has 1 atom stereocenters. The lowest BCUT2D eigenvalue weighted by molar-refractivity contribution is -0.0527. The van der Waals surface area contributed by atoms with Gasteiger partial charge in [-0.05, 0) is 96.8 Å². The molecule has 2 amide bonds. The Balaban J connectivity index is 1.65. The zero-order valence-corrected chi connectivity index (χ0v) is 30.6. The summed E-state index contributed by atoms with van der Waals surface area (Å²) in [5, 5.41) is 17.5. The van der Waals surface area contributed by atoms with E-state index in [1.54, 1.807) is 11.9 Å². The largest absolute Gasteiger partial charge is 0.444 e. The minimum absolute atomic E-state index is 0.0717. The average Bonchev–Trinajstić information content (AvgIpc) is 2.99. The molecule has 13 heteroatoms. The Labute approximate surface area is 285 Å². The first-order valence-corrected chi connectivity index (χ1v) is 17.3. The van der Waals surface area contributed by atoms with Gasteiger partial charge in [-0.2, -0.15) is 4.98 Å². The number of hydrogen-bond donors (Lipinski definition) is 3. The highest BCUT2D eigenvalue weighted by Gasteiger charge is 2.44. The van der Waals surface area contributed by atoms with Gasteiger partial charge in [0.05, 0.1) is 5.56 Å². The van der Waals surface area contributed by atoms with Crippen molar-refractivity contribution in [2.24, 2.45) is 11.3 Å². The Hall–Kier alpha value is -3.74. The van der Waals surface area contributed by atoms with Crippen LogP contribution in [-0.4, -0.2) is 94.4 Å². The van der Waals surface area contributed by atoms with E-state index in [0.29, 0.717) is 43.4 Å². The summed E-state index contributed by atoms with van der Waals surface area (Å²) in [6.07, 6.45) is 3.44. The van der Waals surface area contributed by atoms with Gasteiger partial charge in [0.15, 0.2) is 5.82 Å². The average molecular weight is 673 g/mol. The molecule has 1 saturated heterocycles. The molecule has 0 saturated carbocycles. The summed E-state index contributed by atoms with van der Waals surface area (Å²) in [7, 11) is 1.71. The van der Waals surface area contributed by atoms with E-state index in [2.05, 4.69) is 56.8 Å². The highest BCUT2D eigenvalue weighted by atomic mass is 19.1. The topological polar surface area (TPSA) is 134 Å². The zero-order chi connectivity index (χ0) is 35.6. The smallest absolute Gasteiger partial charge is 0.407 e. The fourth-order valence-corrected chi connectivity index (χ4v) is 6.17. The molecule has 268 valence electrons. The van der Waals surface area contributed by atoms with Crippen molar-refractivity contribution in [2.45, 2.75) is 106 Å². The Morgan fingerprint density at radius 2 is 1.81 bits per heavy atom. The van der Waals surface area contributed by atoms with Gasteiger partial charge < -0.3 is 30.3 Å². The number of benzene rings is 1. The van der Waals surface area contributed by atoms with Crippen LogP contribution in [0.5, 0.6) is 11.6 Å². The summed E-state index contributed by atoms with van der Waals surface area (Å²) in [4.78, 5) is 34.1. The number of carbonyl (C=O) groups is 2. The van der Waals surface area contributed by atoms with Gasteiger partial charge in [-0.1, -0.05) is 20.8 Å². The maximum Gasteiger partial charge on any atom is 0.407 e. The zero-order valence-electron chi connectivity index (χ0n) is 30.6. The molecule has 3 N–H and O–H groups in total. The van der Waals surface area contributed by atoms with Crippen molar-refractivity contribution >= 4 is 23.8 Å². The van der Waals surface area contributed by atoms with Crippen LogP contribution in [0.3, 0.4) is 0 Å². The third-order valence-corrected chi connectivity index (χ3v) is 8.84. The van der Waals surface area contributed by atoms with Gasteiger partial charge in [0.25, 0.3) is 11.8 Å². The lowest BCUT2D eigenvalue weighted by atomic mass is 9.72. The molecule has 0 radical (unpaired) electrons. The van der Waals surface area contributed by atoms with Crippen LogP contribution in [0.1, 0.15) is 98.4 Å². The fourth-order valence-electron chi connectivity index (χ4n) is 6.17. The minimum Gasteiger partial charge on any atom is -0.444 e. The normalized spacial score (nSPS) is 15.1. The van der Waals surface area contributed by atoms with Gasteiger partial charge in [0.1, 0.15) is 17.2 Å². The Kier molecular flexibility index (Phi) is 13.8. The summed E-state index contributed by atoms with van der Waals surface area (Å²) in [6, 6.07) is 4.23. The van der Waals surface area contributed by atoms with Crippen molar-refractivity contribution in [3.05, 3.63) is 29.6 Å². The summed E-state index contributed by atoms with van der Waals surface area (Å²) in [6.45, 7) is 21.7. The second-order valence-corrected chi connectivity index (χ2v) is 14.3. The number of alkyl carbamates (subject to hydrolysis) is 1. The molecule has 0 spiro atoms. The highest BCUT2D eigenvalue weighted by Crippen LogP contribution is 2.41. The third kappa shape index (κ3) is 10.6. The number of aromatic nitrogens is 3. The van der Waals surface area contributed by atoms with Crippen molar-refractivity contribution < 1.29 is 23.5 Å². The van der Waals surface area contributed by atoms with E-state index in [4.69, 9.17) is 9.47 Å². The molecule has 1 aromatic heterocycles. The molecule has 3 rings (SSSR count). The lowest BCUT2D eigenvalue weighted by Gasteiger charge is -2.54. The van der Waals surface area contributed by atoms with Crippen LogP contribution in [0.4, 0.5) is 21.0 Å². The molecule has 48 heavy (non-hydrogen) atoms. The van der Waals surface area contributed by atoms with Crippen LogP contribution in [0.15, 0.2) is 18.2 Å². The molecule has 1 aromatic carbocycles. The van der Waals surface area contributed by atoms with Gasteiger partial charge in [-0.15, -0.1) is 10.2 Å². The number of carbonyl (C=O) groups excluding carboxylic acids is 2. The van der Waals surface area contributed by atoms with E-state index >= 15 is 0 Å². The number of likely N-dealkylation sites (tertiary alicyclic amines) is 1. The summed E-state index contributed by atoms with van der Waals surface area (Å²) in [5.41, 5.74) is -0.250. The quantitative estimate of drug-likeness (QED) is 0.159. The number of amides is 2. The molecular formula is C35H57FN8O4. The van der Waals surface area contributed by atoms with E-state index in [-0.39, 0.29) is 40.7 Å². The lowest BCUT2D eigenvalue weighted by Crippen LogP contribution is -2.61. The monoisotopic (exact) mass is 672 g/mol. The van der Waals surface area contributed by atoms with Gasteiger partial charge in [-0.25, -0.2) is 9.18 Å². The first-order valence-electron chi connectivity index (χ1n) is 17.3. The van der Waals surface area contributed by atoms with Crippen molar-refractivity contribution in [3.63, 3.8) is 0 Å². The molecule has 1 aliphatic rings. The summed E-state index contributed by atoms with van der Waals surface area (Å²) < 4.78 is 25.8. The van der Waals surface area contributed by atoms with E-state index in [0.717, 1.165) is 38.8 Å². The Morgan fingerprint density at radius 1 is 1.10 bits per heavy atom. The summed E-state index contributed by atoms with van der Waals surface area (Å²) in [5.74, 6) is 0.601. The number of rotatable bonds is 17. The predicted molar refractivity (Wildman–Crippen MR) is 187 cm³/mol. The molecule has 1 aliphatic heterocycles. The maximum atomic E-state index is 14.3. The van der Waals surface area contributed by atoms with E-state index in [9.17, 15) is 14.0 Å². The van der Waals surface area contributed by atoms with E-state index in [1.807, 2.05) is 41.5 Å². The predicted octanol–water partition coefficient (Wildman–Crippen LogP) is 6.56. The maximum absolute atomic E-state index is 14.3. The number of nitrogens with one attached hydrogen (secondary N) is 3. The molecule has 1 fully saturated rings. The Bertz CT molecular complexity index is 1360. The van der Waals surface area contributed by atoms with Crippen LogP contribution in [-0.2, 0) is 4.74 Å². The SMILES string of the molecule is CCN(C(=O)c1cc(F)ccc1Oc1nnc(NC)nc1NCCC1(CC)CN([C@H](CCCNC(=O)OC(C)(C)C)C(C)C)C1)C(C)C. The van der Waals surface area contributed by atoms with E-state index < -0.39 is 11.4 Å². The van der Waals surface area contributed by atoms with Crippen molar-refractivity contribution in [1.82, 2.24) is 30.3 Å². The number of ether oxygens (including phenoxy) is 2. The number of hydrogen-bond acceptors (Lipinski definition) is 10. The second-order valence-electron chi connectivity index (χ2n) is 14.3. The van der Waals surface area contributed by atoms with Gasteiger partial charge in [-0.3, -0.25) is 9.69 Å². The Morgan fingerprint density at radius 3 is 2.40 bits per heavy atom. The van der Waals surface area contributed by atoms with E-state index in [1.165, 1.54) is 18.2 Å². The molecule has 12 nitrogen and oxygen atoms in total. The molecule has 0 bridgehead atoms. The number of anilines is 2. The first-order chi connectivity index (χ1) is 22.6. The molecule has 2 aromatic rings. The van der Waals surface area contributed by atoms with Crippen LogP contribution in [0.2, 0.25) is 0 Å². The minimum atomic E-state index is -0.532. The van der Waals surface area contributed by atoms with Crippen molar-refractivity contribution in [1.29, 1.82) is 0 Å². The fraction of sp³-hybridized carbons (Fsp3) is 0.686. The van der Waals surface area contributed by atoms with Crippen LogP contribution in [0.25, 0.3) is 0 Å². The van der Waals surface area contributed by atoms with Gasteiger partial charge in [0, 0.05) is 51.9 Å². The second kappa shape index (κ2) is 17.1. The number of halogens is 1. The van der Waals surface area contributed by atoms with Gasteiger partial charge in [0.2, 0.25) is 5.95 Å². The molecule has 0 unspecified atom stereocenters. The van der Waals surface area contributed by atoms with Crippen LogP contribution < -0.4 is 20.7 Å². The van der Waals surface area contributed by atoms with Gasteiger partial charge >= 0.3 is 6.09 Å². The van der Waals surface area contributed by atoms with Crippen LogP contribution in [0, 0.1) is 17.2 Å².